The second kappa shape index (κ2) is 8.65. The lowest BCUT2D eigenvalue weighted by Gasteiger charge is -2.28. The molecule has 1 fully saturated rings. The summed E-state index contributed by atoms with van der Waals surface area (Å²) in [6.07, 6.45) is 9.36. The number of nitrogens with one attached hydrogen (secondary N) is 1. The summed E-state index contributed by atoms with van der Waals surface area (Å²) < 4.78 is 5.37. The minimum Gasteiger partial charge on any atom is -0.495 e. The fourth-order valence-corrected chi connectivity index (χ4v) is 3.50. The van der Waals surface area contributed by atoms with Crippen LogP contribution in [0.1, 0.15) is 63.5 Å². The third-order valence-corrected chi connectivity index (χ3v) is 4.82. The molecule has 0 radical (unpaired) electrons. The van der Waals surface area contributed by atoms with Crippen LogP contribution in [0.3, 0.4) is 0 Å². The van der Waals surface area contributed by atoms with Crippen LogP contribution in [-0.2, 0) is 0 Å². The van der Waals surface area contributed by atoms with Gasteiger partial charge in [-0.1, -0.05) is 56.7 Å². The smallest absolute Gasteiger partial charge is 0.137 e. The lowest BCUT2D eigenvalue weighted by Crippen LogP contribution is -2.25. The summed E-state index contributed by atoms with van der Waals surface area (Å²) in [5, 5.41) is 4.39. The van der Waals surface area contributed by atoms with E-state index in [0.29, 0.717) is 11.1 Å². The molecule has 0 bridgehead atoms. The van der Waals surface area contributed by atoms with E-state index >= 15 is 0 Å². The Bertz CT molecular complexity index is 429. The van der Waals surface area contributed by atoms with Crippen LogP contribution < -0.4 is 10.1 Å². The molecule has 1 aromatic rings. The van der Waals surface area contributed by atoms with Gasteiger partial charge in [0.1, 0.15) is 5.75 Å². The van der Waals surface area contributed by atoms with Gasteiger partial charge in [-0.3, -0.25) is 0 Å². The first kappa shape index (κ1) is 16.6. The molecule has 0 aromatic heterocycles. The lowest BCUT2D eigenvalue weighted by molar-refractivity contribution is 0.299. The van der Waals surface area contributed by atoms with E-state index in [0.717, 1.165) is 24.6 Å². The van der Waals surface area contributed by atoms with Crippen LogP contribution in [0.4, 0.5) is 0 Å². The van der Waals surface area contributed by atoms with Gasteiger partial charge in [0, 0.05) is 6.04 Å². The molecular formula is C18H28ClNO. The molecule has 0 spiro atoms. The summed E-state index contributed by atoms with van der Waals surface area (Å²) in [6.45, 7) is 3.27. The minimum absolute atomic E-state index is 0.416. The van der Waals surface area contributed by atoms with Crippen molar-refractivity contribution >= 4 is 11.6 Å². The number of ether oxygens (including phenoxy) is 1. The Kier molecular flexibility index (Phi) is 6.85. The van der Waals surface area contributed by atoms with Crippen molar-refractivity contribution in [2.75, 3.05) is 13.7 Å². The van der Waals surface area contributed by atoms with E-state index in [4.69, 9.17) is 16.3 Å². The molecule has 118 valence electrons. The van der Waals surface area contributed by atoms with Gasteiger partial charge in [-0.15, -0.1) is 0 Å². The molecule has 1 aliphatic carbocycles. The monoisotopic (exact) mass is 309 g/mol. The van der Waals surface area contributed by atoms with Crippen molar-refractivity contribution in [3.05, 3.63) is 28.8 Å². The van der Waals surface area contributed by atoms with Crippen molar-refractivity contribution in [1.29, 1.82) is 0 Å². The molecule has 0 heterocycles. The highest BCUT2D eigenvalue weighted by atomic mass is 35.5. The lowest BCUT2D eigenvalue weighted by atomic mass is 9.83. The Hall–Kier alpha value is -0.730. The van der Waals surface area contributed by atoms with Gasteiger partial charge in [-0.2, -0.15) is 0 Å². The molecule has 1 aliphatic rings. The Morgan fingerprint density at radius 3 is 2.71 bits per heavy atom. The second-order valence-electron chi connectivity index (χ2n) is 6.14. The molecule has 3 heteroatoms. The summed E-state index contributed by atoms with van der Waals surface area (Å²) in [6, 6.07) is 6.61. The van der Waals surface area contributed by atoms with E-state index in [1.165, 1.54) is 44.1 Å². The number of methoxy groups -OCH3 is 1. The number of halogens is 1. The molecule has 1 aromatic carbocycles. The Morgan fingerprint density at radius 2 is 2.05 bits per heavy atom. The van der Waals surface area contributed by atoms with Crippen LogP contribution in [0, 0.1) is 5.92 Å². The normalized spacial score (nSPS) is 17.7. The molecule has 1 unspecified atom stereocenters. The number of hydrogen-bond donors (Lipinski definition) is 1. The molecule has 1 N–H and O–H groups in total. The molecule has 0 saturated heterocycles. The standard InChI is InChI=1S/C18H28ClNO/c1-3-11-20-17(12-14-7-5-4-6-8-14)15-9-10-16(19)18(13-15)21-2/h9-10,13-14,17,20H,3-8,11-12H2,1-2H3. The molecule has 21 heavy (non-hydrogen) atoms. The Labute approximate surface area is 134 Å². The van der Waals surface area contributed by atoms with Gasteiger partial charge in [0.2, 0.25) is 0 Å². The van der Waals surface area contributed by atoms with Crippen LogP contribution >= 0.6 is 11.6 Å². The second-order valence-corrected chi connectivity index (χ2v) is 6.55. The highest BCUT2D eigenvalue weighted by molar-refractivity contribution is 6.32. The topological polar surface area (TPSA) is 21.3 Å². The van der Waals surface area contributed by atoms with Crippen molar-refractivity contribution in [2.24, 2.45) is 5.92 Å². The van der Waals surface area contributed by atoms with Gasteiger partial charge in [0.15, 0.2) is 0 Å². The SMILES string of the molecule is CCCNC(CC1CCCCC1)c1ccc(Cl)c(OC)c1. The number of hydrogen-bond acceptors (Lipinski definition) is 2. The molecule has 0 amide bonds. The number of rotatable bonds is 7. The molecule has 2 nitrogen and oxygen atoms in total. The van der Waals surface area contributed by atoms with E-state index in [1.54, 1.807) is 7.11 Å². The summed E-state index contributed by atoms with van der Waals surface area (Å²) in [7, 11) is 1.68. The maximum absolute atomic E-state index is 6.15. The van der Waals surface area contributed by atoms with Crippen molar-refractivity contribution in [3.63, 3.8) is 0 Å². The Morgan fingerprint density at radius 1 is 1.29 bits per heavy atom. The Balaban J connectivity index is 2.10. The van der Waals surface area contributed by atoms with Gasteiger partial charge in [0.05, 0.1) is 12.1 Å². The van der Waals surface area contributed by atoms with Gasteiger partial charge in [0.25, 0.3) is 0 Å². The predicted octanol–water partition coefficient (Wildman–Crippen LogP) is 5.36. The third-order valence-electron chi connectivity index (χ3n) is 4.51. The highest BCUT2D eigenvalue weighted by Gasteiger charge is 2.20. The van der Waals surface area contributed by atoms with Crippen LogP contribution in [-0.4, -0.2) is 13.7 Å². The van der Waals surface area contributed by atoms with E-state index in [1.807, 2.05) is 6.07 Å². The zero-order valence-electron chi connectivity index (χ0n) is 13.3. The average Bonchev–Trinajstić information content (AvgIpc) is 2.53. The first-order valence-corrected chi connectivity index (χ1v) is 8.69. The van der Waals surface area contributed by atoms with E-state index in [-0.39, 0.29) is 0 Å². The predicted molar refractivity (Wildman–Crippen MR) is 90.2 cm³/mol. The molecular weight excluding hydrogens is 282 g/mol. The van der Waals surface area contributed by atoms with Gasteiger partial charge in [-0.25, -0.2) is 0 Å². The number of benzene rings is 1. The highest BCUT2D eigenvalue weighted by Crippen LogP contribution is 2.34. The summed E-state index contributed by atoms with van der Waals surface area (Å²) in [5.74, 6) is 1.64. The van der Waals surface area contributed by atoms with Crippen molar-refractivity contribution in [3.8, 4) is 5.75 Å². The average molecular weight is 310 g/mol. The van der Waals surface area contributed by atoms with Crippen LogP contribution in [0.5, 0.6) is 5.75 Å². The zero-order valence-corrected chi connectivity index (χ0v) is 14.1. The zero-order chi connectivity index (χ0) is 15.1. The first-order chi connectivity index (χ1) is 10.2. The van der Waals surface area contributed by atoms with Gasteiger partial charge in [-0.05, 0) is 43.0 Å². The molecule has 2 rings (SSSR count). The quantitative estimate of drug-likeness (QED) is 0.732. The fourth-order valence-electron chi connectivity index (χ4n) is 3.31. The van der Waals surface area contributed by atoms with Gasteiger partial charge >= 0.3 is 0 Å². The maximum Gasteiger partial charge on any atom is 0.137 e. The summed E-state index contributed by atoms with van der Waals surface area (Å²) in [5.41, 5.74) is 1.30. The minimum atomic E-state index is 0.416. The summed E-state index contributed by atoms with van der Waals surface area (Å²) >= 11 is 6.15. The molecule has 0 aliphatic heterocycles. The van der Waals surface area contributed by atoms with Crippen LogP contribution in [0.25, 0.3) is 0 Å². The van der Waals surface area contributed by atoms with E-state index < -0.39 is 0 Å². The van der Waals surface area contributed by atoms with Crippen molar-refractivity contribution in [2.45, 2.75) is 57.9 Å². The largest absolute Gasteiger partial charge is 0.495 e. The maximum atomic E-state index is 6.15. The third kappa shape index (κ3) is 4.89. The fraction of sp³-hybridized carbons (Fsp3) is 0.667. The molecule has 1 saturated carbocycles. The molecule has 1 atom stereocenters. The van der Waals surface area contributed by atoms with Crippen molar-refractivity contribution in [1.82, 2.24) is 5.32 Å². The van der Waals surface area contributed by atoms with Crippen molar-refractivity contribution < 1.29 is 4.74 Å². The van der Waals surface area contributed by atoms with E-state index in [9.17, 15) is 0 Å². The van der Waals surface area contributed by atoms with Crippen LogP contribution in [0.2, 0.25) is 5.02 Å². The van der Waals surface area contributed by atoms with Crippen LogP contribution in [0.15, 0.2) is 18.2 Å². The van der Waals surface area contributed by atoms with E-state index in [2.05, 4.69) is 24.4 Å². The first-order valence-electron chi connectivity index (χ1n) is 8.31. The summed E-state index contributed by atoms with van der Waals surface area (Å²) in [4.78, 5) is 0. The van der Waals surface area contributed by atoms with Gasteiger partial charge < -0.3 is 10.1 Å².